The molecule has 126 valence electrons. The second kappa shape index (κ2) is 10.7. The number of hydrogen-bond donors (Lipinski definition) is 5. The summed E-state index contributed by atoms with van der Waals surface area (Å²) in [7, 11) is 0. The number of rotatable bonds is 4. The number of carboxylic acids is 1. The second-order valence-electron chi connectivity index (χ2n) is 4.18. The minimum atomic E-state index is -1.21. The SMILES string of the molecule is N.N.O=C(O)CNC(=O)c1ncc(-c2cccc(F)c2)cc1O.[NaH]. The molecule has 1 amide bonds. The van der Waals surface area contributed by atoms with E-state index in [1.807, 2.05) is 0 Å². The molecule has 0 radical (unpaired) electrons. The quantitative estimate of drug-likeness (QED) is 0.515. The van der Waals surface area contributed by atoms with Gasteiger partial charge < -0.3 is 27.8 Å². The molecule has 0 aliphatic carbocycles. The molecule has 0 saturated heterocycles. The Labute approximate surface area is 159 Å². The number of aliphatic carboxylic acids is 1. The van der Waals surface area contributed by atoms with Crippen LogP contribution in [0, 0.1) is 5.82 Å². The molecule has 1 aromatic heterocycles. The number of aromatic nitrogens is 1. The fourth-order valence-corrected chi connectivity index (χ4v) is 1.69. The van der Waals surface area contributed by atoms with Crippen LogP contribution in [0.25, 0.3) is 11.1 Å². The van der Waals surface area contributed by atoms with Crippen LogP contribution in [0.3, 0.4) is 0 Å². The van der Waals surface area contributed by atoms with Crippen molar-refractivity contribution in [2.45, 2.75) is 0 Å². The molecule has 0 aliphatic heterocycles. The van der Waals surface area contributed by atoms with Crippen molar-refractivity contribution < 1.29 is 24.2 Å². The van der Waals surface area contributed by atoms with Gasteiger partial charge >= 0.3 is 35.5 Å². The van der Waals surface area contributed by atoms with Crippen molar-refractivity contribution in [2.75, 3.05) is 6.54 Å². The van der Waals surface area contributed by atoms with Gasteiger partial charge in [-0.3, -0.25) is 9.59 Å². The van der Waals surface area contributed by atoms with Gasteiger partial charge in [-0.25, -0.2) is 9.37 Å². The van der Waals surface area contributed by atoms with Gasteiger partial charge in [-0.05, 0) is 23.8 Å². The maximum atomic E-state index is 13.1. The number of carbonyl (C=O) groups is 2. The van der Waals surface area contributed by atoms with Crippen molar-refractivity contribution in [1.29, 1.82) is 0 Å². The van der Waals surface area contributed by atoms with E-state index in [-0.39, 0.29) is 47.6 Å². The van der Waals surface area contributed by atoms with Gasteiger partial charge in [0.2, 0.25) is 0 Å². The number of aromatic hydroxyl groups is 1. The fraction of sp³-hybridized carbons (Fsp3) is 0.0714. The first-order valence-corrected chi connectivity index (χ1v) is 5.92. The first kappa shape index (κ1) is 24.2. The van der Waals surface area contributed by atoms with E-state index < -0.39 is 30.0 Å². The van der Waals surface area contributed by atoms with Gasteiger partial charge in [0.15, 0.2) is 5.69 Å². The number of benzene rings is 1. The Bertz CT molecular complexity index is 715. The van der Waals surface area contributed by atoms with Crippen molar-refractivity contribution in [3.05, 3.63) is 48.0 Å². The van der Waals surface area contributed by atoms with Gasteiger partial charge in [-0.15, -0.1) is 0 Å². The van der Waals surface area contributed by atoms with E-state index in [9.17, 15) is 19.1 Å². The van der Waals surface area contributed by atoms with E-state index >= 15 is 0 Å². The van der Waals surface area contributed by atoms with Crippen molar-refractivity contribution in [2.24, 2.45) is 0 Å². The summed E-state index contributed by atoms with van der Waals surface area (Å²) < 4.78 is 13.1. The Morgan fingerprint density at radius 1 is 1.17 bits per heavy atom. The Morgan fingerprint density at radius 3 is 2.38 bits per heavy atom. The zero-order valence-electron chi connectivity index (χ0n) is 12.1. The molecule has 9 N–H and O–H groups in total. The monoisotopic (exact) mass is 348 g/mol. The first-order valence-electron chi connectivity index (χ1n) is 5.92. The molecule has 0 bridgehead atoms. The molecule has 2 aromatic rings. The average molecular weight is 348 g/mol. The predicted octanol–water partition coefficient (Wildman–Crippen LogP) is 1.08. The standard InChI is InChI=1S/C14H11FN2O4.2H3N.Na.H/c15-10-3-1-2-8(4-10)9-5-11(18)13(16-6-9)14(21)17-7-12(19)20;;;;/h1-6,18H,7H2,(H,17,21)(H,19,20);2*1H3;;. The molecule has 24 heavy (non-hydrogen) atoms. The van der Waals surface area contributed by atoms with Crippen LogP contribution >= 0.6 is 0 Å². The summed E-state index contributed by atoms with van der Waals surface area (Å²) in [6.45, 7) is -0.578. The molecule has 2 rings (SSSR count). The van der Waals surface area contributed by atoms with Crippen molar-refractivity contribution >= 4 is 41.4 Å². The summed E-state index contributed by atoms with van der Waals surface area (Å²) in [5.74, 6) is -2.87. The molecule has 0 aliphatic rings. The third-order valence-corrected chi connectivity index (χ3v) is 2.64. The van der Waals surface area contributed by atoms with Gasteiger partial charge in [0.25, 0.3) is 5.91 Å². The van der Waals surface area contributed by atoms with E-state index in [1.54, 1.807) is 6.07 Å². The molecule has 0 spiro atoms. The first-order chi connectivity index (χ1) is 9.97. The number of pyridine rings is 1. The van der Waals surface area contributed by atoms with Gasteiger partial charge in [0.1, 0.15) is 18.1 Å². The van der Waals surface area contributed by atoms with Crippen molar-refractivity contribution in [1.82, 2.24) is 22.6 Å². The number of carbonyl (C=O) groups excluding carboxylic acids is 1. The average Bonchev–Trinajstić information content (AvgIpc) is 2.44. The number of halogens is 1. The molecule has 0 unspecified atom stereocenters. The van der Waals surface area contributed by atoms with Crippen LogP contribution in [0.1, 0.15) is 10.5 Å². The van der Waals surface area contributed by atoms with Gasteiger partial charge in [0.05, 0.1) is 0 Å². The third-order valence-electron chi connectivity index (χ3n) is 2.64. The molecule has 1 aromatic carbocycles. The Hall–Kier alpha value is -2.04. The Balaban J connectivity index is 0. The zero-order valence-corrected chi connectivity index (χ0v) is 12.1. The zero-order chi connectivity index (χ0) is 15.4. The van der Waals surface area contributed by atoms with Crippen LogP contribution in [-0.2, 0) is 4.79 Å². The van der Waals surface area contributed by atoms with E-state index in [0.717, 1.165) is 0 Å². The fourth-order valence-electron chi connectivity index (χ4n) is 1.69. The second-order valence-corrected chi connectivity index (χ2v) is 4.18. The van der Waals surface area contributed by atoms with Gasteiger partial charge in [-0.1, -0.05) is 12.1 Å². The number of carboxylic acid groups (broad SMARTS) is 1. The van der Waals surface area contributed by atoms with E-state index in [2.05, 4.69) is 10.3 Å². The van der Waals surface area contributed by atoms with Crippen LogP contribution in [-0.4, -0.2) is 63.2 Å². The summed E-state index contributed by atoms with van der Waals surface area (Å²) in [6.07, 6.45) is 1.30. The van der Waals surface area contributed by atoms with E-state index in [1.165, 1.54) is 30.5 Å². The van der Waals surface area contributed by atoms with Crippen molar-refractivity contribution in [3.8, 4) is 16.9 Å². The third kappa shape index (κ3) is 6.22. The molecule has 8 nitrogen and oxygen atoms in total. The number of nitrogens with one attached hydrogen (secondary N) is 1. The molecule has 0 saturated carbocycles. The van der Waals surface area contributed by atoms with Gasteiger partial charge in [-0.2, -0.15) is 0 Å². The van der Waals surface area contributed by atoms with Crippen LogP contribution in [0.4, 0.5) is 4.39 Å². The Morgan fingerprint density at radius 2 is 1.83 bits per heavy atom. The summed E-state index contributed by atoms with van der Waals surface area (Å²) in [5, 5.41) is 20.3. The molecular formula is C14H18FN4NaO4. The van der Waals surface area contributed by atoms with E-state index in [4.69, 9.17) is 5.11 Å². The number of nitrogens with zero attached hydrogens (tertiary/aromatic N) is 1. The van der Waals surface area contributed by atoms with Gasteiger partial charge in [0, 0.05) is 11.8 Å². The minimum absolute atomic E-state index is 0. The van der Waals surface area contributed by atoms with Crippen LogP contribution in [0.15, 0.2) is 36.5 Å². The summed E-state index contributed by atoms with van der Waals surface area (Å²) in [4.78, 5) is 25.8. The van der Waals surface area contributed by atoms with Crippen LogP contribution in [0.5, 0.6) is 5.75 Å². The van der Waals surface area contributed by atoms with E-state index in [0.29, 0.717) is 11.1 Å². The topological polar surface area (TPSA) is 170 Å². The number of hydrogen-bond acceptors (Lipinski definition) is 6. The summed E-state index contributed by atoms with van der Waals surface area (Å²) >= 11 is 0. The summed E-state index contributed by atoms with van der Waals surface area (Å²) in [5.41, 5.74) is 0.633. The van der Waals surface area contributed by atoms with Crippen LogP contribution in [0.2, 0.25) is 0 Å². The van der Waals surface area contributed by atoms with Crippen molar-refractivity contribution in [3.63, 3.8) is 0 Å². The molecule has 0 fully saturated rings. The Kier molecular flexibility index (Phi) is 10.8. The molecule has 1 heterocycles. The van der Waals surface area contributed by atoms with Crippen LogP contribution < -0.4 is 17.6 Å². The number of amides is 1. The molecule has 10 heteroatoms. The predicted molar refractivity (Wildman–Crippen MR) is 88.5 cm³/mol. The maximum absolute atomic E-state index is 13.1. The molecule has 0 atom stereocenters. The normalized spacial score (nSPS) is 8.88. The molecular weight excluding hydrogens is 330 g/mol. The summed E-state index contributed by atoms with van der Waals surface area (Å²) in [6, 6.07) is 6.95.